The molecule has 0 saturated carbocycles. The summed E-state index contributed by atoms with van der Waals surface area (Å²) in [6.45, 7) is 4.02. The molecule has 0 radical (unpaired) electrons. The Labute approximate surface area is 124 Å². The van der Waals surface area contributed by atoms with E-state index < -0.39 is 11.6 Å². The molecule has 0 atom stereocenters. The van der Waals surface area contributed by atoms with Crippen LogP contribution in [0, 0.1) is 25.5 Å². The van der Waals surface area contributed by atoms with Gasteiger partial charge in [-0.05, 0) is 37.6 Å². The Kier molecular flexibility index (Phi) is 3.25. The molecule has 2 heterocycles. The van der Waals surface area contributed by atoms with Gasteiger partial charge in [0.2, 0.25) is 0 Å². The zero-order valence-corrected chi connectivity index (χ0v) is 12.3. The zero-order valence-electron chi connectivity index (χ0n) is 11.5. The largest absolute Gasteiger partial charge is 0.382 e. The van der Waals surface area contributed by atoms with Gasteiger partial charge < -0.3 is 5.73 Å². The number of nitrogen functional groups attached to an aromatic ring is 1. The zero-order chi connectivity index (χ0) is 15.1. The van der Waals surface area contributed by atoms with E-state index in [-0.39, 0.29) is 11.4 Å². The molecule has 0 aliphatic carbocycles. The lowest BCUT2D eigenvalue weighted by Gasteiger charge is -2.04. The number of nitrogens with two attached hydrogens (primary N) is 1. The van der Waals surface area contributed by atoms with Crippen molar-refractivity contribution in [3.63, 3.8) is 0 Å². The van der Waals surface area contributed by atoms with Gasteiger partial charge in [0.15, 0.2) is 5.82 Å². The highest BCUT2D eigenvalue weighted by molar-refractivity contribution is 7.15. The van der Waals surface area contributed by atoms with Gasteiger partial charge >= 0.3 is 0 Å². The first kappa shape index (κ1) is 13.8. The van der Waals surface area contributed by atoms with E-state index in [2.05, 4.69) is 10.2 Å². The predicted octanol–water partition coefficient (Wildman–Crippen LogP) is 4.28. The van der Waals surface area contributed by atoms with Crippen molar-refractivity contribution >= 4 is 17.2 Å². The van der Waals surface area contributed by atoms with Crippen LogP contribution in [0.1, 0.15) is 10.4 Å². The molecule has 6 heteroatoms. The van der Waals surface area contributed by atoms with E-state index in [0.29, 0.717) is 11.3 Å². The number of nitrogens with zero attached hydrogens (tertiary/aromatic N) is 1. The van der Waals surface area contributed by atoms with E-state index in [0.717, 1.165) is 16.5 Å². The molecular formula is C15H13F2N3S. The van der Waals surface area contributed by atoms with Crippen LogP contribution in [0.2, 0.25) is 0 Å². The monoisotopic (exact) mass is 305 g/mol. The van der Waals surface area contributed by atoms with Gasteiger partial charge in [0.05, 0.1) is 16.1 Å². The normalized spacial score (nSPS) is 11.0. The maximum atomic E-state index is 14.0. The van der Waals surface area contributed by atoms with E-state index in [9.17, 15) is 8.78 Å². The van der Waals surface area contributed by atoms with E-state index in [1.807, 2.05) is 19.9 Å². The van der Waals surface area contributed by atoms with E-state index in [4.69, 9.17) is 5.73 Å². The number of hydrogen-bond acceptors (Lipinski definition) is 3. The number of H-pyrrole nitrogens is 1. The predicted molar refractivity (Wildman–Crippen MR) is 81.1 cm³/mol. The summed E-state index contributed by atoms with van der Waals surface area (Å²) in [5.74, 6) is -1.09. The molecule has 0 fully saturated rings. The van der Waals surface area contributed by atoms with Crippen LogP contribution >= 0.6 is 11.3 Å². The minimum Gasteiger partial charge on any atom is -0.382 e. The third-order valence-electron chi connectivity index (χ3n) is 3.41. The summed E-state index contributed by atoms with van der Waals surface area (Å²) in [7, 11) is 0. The van der Waals surface area contributed by atoms with Crippen molar-refractivity contribution in [2.45, 2.75) is 13.8 Å². The second-order valence-electron chi connectivity index (χ2n) is 4.83. The second kappa shape index (κ2) is 4.96. The molecule has 0 amide bonds. The molecule has 3 nitrogen and oxygen atoms in total. The first-order chi connectivity index (χ1) is 9.97. The van der Waals surface area contributed by atoms with Crippen LogP contribution in [0.25, 0.3) is 21.7 Å². The lowest BCUT2D eigenvalue weighted by atomic mass is 10.0. The van der Waals surface area contributed by atoms with Crippen LogP contribution in [-0.4, -0.2) is 10.2 Å². The highest BCUT2D eigenvalue weighted by atomic mass is 32.1. The van der Waals surface area contributed by atoms with E-state index in [1.165, 1.54) is 17.0 Å². The summed E-state index contributed by atoms with van der Waals surface area (Å²) >= 11 is 1.58. The number of nitrogens with one attached hydrogen (secondary N) is 1. The van der Waals surface area contributed by atoms with Crippen LogP contribution in [-0.2, 0) is 0 Å². The molecular weight excluding hydrogens is 292 g/mol. The molecule has 108 valence electrons. The van der Waals surface area contributed by atoms with Crippen molar-refractivity contribution in [3.8, 4) is 21.7 Å². The number of aromatic amines is 1. The fourth-order valence-electron chi connectivity index (χ4n) is 2.20. The SMILES string of the molecule is Cc1cc(-c2[nH]nc(N)c2-c2ccc(F)cc2F)sc1C. The smallest absolute Gasteiger partial charge is 0.153 e. The van der Waals surface area contributed by atoms with Crippen molar-refractivity contribution in [1.82, 2.24) is 10.2 Å². The summed E-state index contributed by atoms with van der Waals surface area (Å²) in [5, 5.41) is 6.82. The number of benzene rings is 1. The Morgan fingerprint density at radius 3 is 2.57 bits per heavy atom. The molecule has 2 aromatic heterocycles. The third kappa shape index (κ3) is 2.31. The van der Waals surface area contributed by atoms with Crippen LogP contribution < -0.4 is 5.73 Å². The van der Waals surface area contributed by atoms with Crippen LogP contribution in [0.15, 0.2) is 24.3 Å². The molecule has 0 spiro atoms. The Balaban J connectivity index is 2.21. The summed E-state index contributed by atoms with van der Waals surface area (Å²) in [6, 6.07) is 5.43. The Hall–Kier alpha value is -2.21. The number of anilines is 1. The third-order valence-corrected chi connectivity index (χ3v) is 4.58. The first-order valence-electron chi connectivity index (χ1n) is 6.34. The molecule has 0 saturated heterocycles. The van der Waals surface area contributed by atoms with E-state index >= 15 is 0 Å². The second-order valence-corrected chi connectivity index (χ2v) is 6.09. The van der Waals surface area contributed by atoms with Crippen molar-refractivity contribution in [3.05, 3.63) is 46.3 Å². The molecule has 0 aliphatic rings. The topological polar surface area (TPSA) is 54.7 Å². The van der Waals surface area contributed by atoms with Gasteiger partial charge in [-0.25, -0.2) is 8.78 Å². The number of thiophene rings is 1. The van der Waals surface area contributed by atoms with Crippen LogP contribution in [0.3, 0.4) is 0 Å². The summed E-state index contributed by atoms with van der Waals surface area (Å²) in [4.78, 5) is 2.09. The van der Waals surface area contributed by atoms with Gasteiger partial charge in [-0.15, -0.1) is 11.3 Å². The van der Waals surface area contributed by atoms with Gasteiger partial charge in [-0.2, -0.15) is 5.10 Å². The lowest BCUT2D eigenvalue weighted by molar-refractivity contribution is 0.585. The van der Waals surface area contributed by atoms with Gasteiger partial charge in [0, 0.05) is 16.5 Å². The Morgan fingerprint density at radius 2 is 1.95 bits per heavy atom. The number of hydrogen-bond donors (Lipinski definition) is 2. The maximum Gasteiger partial charge on any atom is 0.153 e. The maximum absolute atomic E-state index is 14.0. The molecule has 21 heavy (non-hydrogen) atoms. The fraction of sp³-hybridized carbons (Fsp3) is 0.133. The van der Waals surface area contributed by atoms with Crippen LogP contribution in [0.4, 0.5) is 14.6 Å². The number of halogens is 2. The summed E-state index contributed by atoms with van der Waals surface area (Å²) < 4.78 is 27.1. The average Bonchev–Trinajstić information content (AvgIpc) is 2.94. The van der Waals surface area contributed by atoms with Gasteiger partial charge in [0.1, 0.15) is 11.6 Å². The number of aromatic nitrogens is 2. The van der Waals surface area contributed by atoms with Gasteiger partial charge in [-0.3, -0.25) is 5.10 Å². The lowest BCUT2D eigenvalue weighted by Crippen LogP contribution is -1.92. The van der Waals surface area contributed by atoms with Crippen molar-refractivity contribution in [2.75, 3.05) is 5.73 Å². The average molecular weight is 305 g/mol. The standard InChI is InChI=1S/C15H13F2N3S/c1-7-5-12(21-8(7)2)14-13(15(18)20-19-14)10-4-3-9(16)6-11(10)17/h3-6H,1-2H3,(H3,18,19,20). The highest BCUT2D eigenvalue weighted by Gasteiger charge is 2.19. The van der Waals surface area contributed by atoms with E-state index in [1.54, 1.807) is 11.3 Å². The first-order valence-corrected chi connectivity index (χ1v) is 7.15. The van der Waals surface area contributed by atoms with Crippen LogP contribution in [0.5, 0.6) is 0 Å². The molecule has 0 bridgehead atoms. The fourth-order valence-corrected chi connectivity index (χ4v) is 3.23. The highest BCUT2D eigenvalue weighted by Crippen LogP contribution is 2.39. The molecule has 1 aromatic carbocycles. The van der Waals surface area contributed by atoms with Crippen molar-refractivity contribution < 1.29 is 8.78 Å². The minimum absolute atomic E-state index is 0.194. The number of rotatable bonds is 2. The molecule has 3 aromatic rings. The van der Waals surface area contributed by atoms with Gasteiger partial charge in [0.25, 0.3) is 0 Å². The molecule has 3 rings (SSSR count). The molecule has 0 unspecified atom stereocenters. The Bertz CT molecular complexity index is 801. The number of aryl methyl sites for hydroxylation is 2. The quantitative estimate of drug-likeness (QED) is 0.742. The molecule has 3 N–H and O–H groups in total. The minimum atomic E-state index is -0.658. The van der Waals surface area contributed by atoms with Crippen molar-refractivity contribution in [1.29, 1.82) is 0 Å². The molecule has 0 aliphatic heterocycles. The Morgan fingerprint density at radius 1 is 1.19 bits per heavy atom. The van der Waals surface area contributed by atoms with Gasteiger partial charge in [-0.1, -0.05) is 0 Å². The van der Waals surface area contributed by atoms with Crippen molar-refractivity contribution in [2.24, 2.45) is 0 Å². The summed E-state index contributed by atoms with van der Waals surface area (Å²) in [6.07, 6.45) is 0. The summed E-state index contributed by atoms with van der Waals surface area (Å²) in [5.41, 5.74) is 8.37.